The number of Topliss-reactive ketones (excluding diaryl/α,β-unsaturated/α-hetero) is 1. The lowest BCUT2D eigenvalue weighted by Gasteiger charge is -2.33. The van der Waals surface area contributed by atoms with Crippen molar-refractivity contribution in [3.05, 3.63) is 12.7 Å². The highest BCUT2D eigenvalue weighted by Crippen LogP contribution is 2.37. The molecule has 1 heteroatoms. The third-order valence-electron chi connectivity index (χ3n) is 3.22. The van der Waals surface area contributed by atoms with E-state index in [2.05, 4.69) is 34.3 Å². The SMILES string of the molecule is C=CC(C)(CC)C(CC(C)C)C(C)=O. The molecule has 0 aliphatic carbocycles. The number of hydrogen-bond donors (Lipinski definition) is 0. The molecule has 14 heavy (non-hydrogen) atoms. The van der Waals surface area contributed by atoms with Gasteiger partial charge in [-0.2, -0.15) is 0 Å². The Morgan fingerprint density at radius 1 is 1.50 bits per heavy atom. The molecular weight excluding hydrogens is 172 g/mol. The fourth-order valence-electron chi connectivity index (χ4n) is 1.90. The van der Waals surface area contributed by atoms with Crippen LogP contribution in [0.4, 0.5) is 0 Å². The highest BCUT2D eigenvalue weighted by molar-refractivity contribution is 5.79. The normalized spacial score (nSPS) is 17.6. The van der Waals surface area contributed by atoms with E-state index in [-0.39, 0.29) is 11.3 Å². The van der Waals surface area contributed by atoms with Gasteiger partial charge in [0.2, 0.25) is 0 Å². The summed E-state index contributed by atoms with van der Waals surface area (Å²) in [5.74, 6) is 0.989. The van der Waals surface area contributed by atoms with Crippen LogP contribution >= 0.6 is 0 Å². The third-order valence-corrected chi connectivity index (χ3v) is 3.22. The number of hydrogen-bond acceptors (Lipinski definition) is 1. The number of carbonyl (C=O) groups excluding carboxylic acids is 1. The van der Waals surface area contributed by atoms with E-state index < -0.39 is 0 Å². The summed E-state index contributed by atoms with van der Waals surface area (Å²) in [6, 6.07) is 0. The molecule has 0 aromatic heterocycles. The van der Waals surface area contributed by atoms with Crippen molar-refractivity contribution >= 4 is 5.78 Å². The van der Waals surface area contributed by atoms with Crippen molar-refractivity contribution in [2.75, 3.05) is 0 Å². The van der Waals surface area contributed by atoms with Gasteiger partial charge in [0.15, 0.2) is 0 Å². The predicted molar refractivity (Wildman–Crippen MR) is 62.2 cm³/mol. The van der Waals surface area contributed by atoms with Gasteiger partial charge in [0.1, 0.15) is 5.78 Å². The average Bonchev–Trinajstić information content (AvgIpc) is 2.12. The lowest BCUT2D eigenvalue weighted by atomic mass is 9.70. The van der Waals surface area contributed by atoms with Gasteiger partial charge in [0, 0.05) is 5.92 Å². The number of ketones is 1. The zero-order chi connectivity index (χ0) is 11.4. The van der Waals surface area contributed by atoms with E-state index in [1.807, 2.05) is 6.08 Å². The molecular formula is C13H24O. The maximum absolute atomic E-state index is 11.6. The van der Waals surface area contributed by atoms with Crippen LogP contribution in [0.1, 0.15) is 47.5 Å². The summed E-state index contributed by atoms with van der Waals surface area (Å²) in [5, 5.41) is 0. The van der Waals surface area contributed by atoms with Crippen LogP contribution in [0.15, 0.2) is 12.7 Å². The minimum absolute atomic E-state index is 0.0316. The minimum Gasteiger partial charge on any atom is -0.300 e. The van der Waals surface area contributed by atoms with E-state index in [0.29, 0.717) is 11.7 Å². The Bertz CT molecular complexity index is 205. The van der Waals surface area contributed by atoms with Crippen molar-refractivity contribution < 1.29 is 4.79 Å². The van der Waals surface area contributed by atoms with Crippen molar-refractivity contribution in [3.63, 3.8) is 0 Å². The van der Waals surface area contributed by atoms with E-state index in [4.69, 9.17) is 0 Å². The maximum Gasteiger partial charge on any atom is 0.133 e. The van der Waals surface area contributed by atoms with E-state index in [9.17, 15) is 4.79 Å². The van der Waals surface area contributed by atoms with Gasteiger partial charge >= 0.3 is 0 Å². The van der Waals surface area contributed by atoms with Crippen LogP contribution in [0, 0.1) is 17.3 Å². The molecule has 0 amide bonds. The van der Waals surface area contributed by atoms with Gasteiger partial charge in [-0.05, 0) is 31.1 Å². The molecule has 0 heterocycles. The summed E-state index contributed by atoms with van der Waals surface area (Å²) in [7, 11) is 0. The van der Waals surface area contributed by atoms with Crippen molar-refractivity contribution in [2.24, 2.45) is 17.3 Å². The molecule has 0 radical (unpaired) electrons. The summed E-state index contributed by atoms with van der Waals surface area (Å²) >= 11 is 0. The summed E-state index contributed by atoms with van der Waals surface area (Å²) in [6.07, 6.45) is 3.89. The molecule has 0 fully saturated rings. The maximum atomic E-state index is 11.6. The van der Waals surface area contributed by atoms with Crippen LogP contribution in [0.25, 0.3) is 0 Å². The zero-order valence-corrected chi connectivity index (χ0v) is 10.3. The summed E-state index contributed by atoms with van der Waals surface area (Å²) in [6.45, 7) is 14.1. The number of allylic oxidation sites excluding steroid dienone is 1. The first kappa shape index (κ1) is 13.4. The van der Waals surface area contributed by atoms with E-state index in [1.165, 1.54) is 0 Å². The molecule has 0 saturated carbocycles. The molecule has 0 aliphatic rings. The van der Waals surface area contributed by atoms with Crippen LogP contribution in [0.2, 0.25) is 0 Å². The second-order valence-electron chi connectivity index (χ2n) is 4.86. The lowest BCUT2D eigenvalue weighted by Crippen LogP contribution is -2.31. The summed E-state index contributed by atoms with van der Waals surface area (Å²) < 4.78 is 0. The van der Waals surface area contributed by atoms with Gasteiger partial charge in [-0.3, -0.25) is 4.79 Å². The Labute approximate surface area is 88.6 Å². The zero-order valence-electron chi connectivity index (χ0n) is 10.3. The monoisotopic (exact) mass is 196 g/mol. The summed E-state index contributed by atoms with van der Waals surface area (Å²) in [4.78, 5) is 11.6. The van der Waals surface area contributed by atoms with Gasteiger partial charge in [-0.1, -0.05) is 33.8 Å². The van der Waals surface area contributed by atoms with Gasteiger partial charge in [0.25, 0.3) is 0 Å². The Morgan fingerprint density at radius 2 is 2.00 bits per heavy atom. The smallest absolute Gasteiger partial charge is 0.133 e. The van der Waals surface area contributed by atoms with Crippen molar-refractivity contribution in [1.82, 2.24) is 0 Å². The number of carbonyl (C=O) groups is 1. The molecule has 0 rings (SSSR count). The fourth-order valence-corrected chi connectivity index (χ4v) is 1.90. The first-order valence-corrected chi connectivity index (χ1v) is 5.51. The topological polar surface area (TPSA) is 17.1 Å². The molecule has 2 atom stereocenters. The molecule has 0 saturated heterocycles. The van der Waals surface area contributed by atoms with Crippen molar-refractivity contribution in [1.29, 1.82) is 0 Å². The average molecular weight is 196 g/mol. The molecule has 2 unspecified atom stereocenters. The minimum atomic E-state index is -0.0316. The molecule has 1 nitrogen and oxygen atoms in total. The molecule has 0 aliphatic heterocycles. The Kier molecular flexibility index (Phi) is 5.11. The molecule has 0 spiro atoms. The van der Waals surface area contributed by atoms with Gasteiger partial charge in [0.05, 0.1) is 0 Å². The Hall–Kier alpha value is -0.590. The van der Waals surface area contributed by atoms with Crippen LogP contribution in [0.3, 0.4) is 0 Å². The van der Waals surface area contributed by atoms with E-state index >= 15 is 0 Å². The standard InChI is InChI=1S/C13H24O/c1-7-13(6,8-2)12(11(5)14)9-10(3)4/h7,10,12H,1,8-9H2,2-6H3. The van der Waals surface area contributed by atoms with Gasteiger partial charge in [-0.25, -0.2) is 0 Å². The first-order valence-electron chi connectivity index (χ1n) is 5.51. The predicted octanol–water partition coefficient (Wildman–Crippen LogP) is 3.84. The molecule has 0 bridgehead atoms. The molecule has 0 aromatic carbocycles. The Morgan fingerprint density at radius 3 is 2.21 bits per heavy atom. The second-order valence-corrected chi connectivity index (χ2v) is 4.86. The third kappa shape index (κ3) is 3.28. The molecule has 0 aromatic rings. The highest BCUT2D eigenvalue weighted by atomic mass is 16.1. The molecule has 0 N–H and O–H groups in total. The fraction of sp³-hybridized carbons (Fsp3) is 0.769. The van der Waals surface area contributed by atoms with Crippen molar-refractivity contribution in [2.45, 2.75) is 47.5 Å². The Balaban J connectivity index is 4.79. The van der Waals surface area contributed by atoms with Crippen LogP contribution in [-0.2, 0) is 4.79 Å². The lowest BCUT2D eigenvalue weighted by molar-refractivity contribution is -0.124. The van der Waals surface area contributed by atoms with Gasteiger partial charge in [-0.15, -0.1) is 6.58 Å². The largest absolute Gasteiger partial charge is 0.300 e. The number of rotatable bonds is 6. The quantitative estimate of drug-likeness (QED) is 0.590. The van der Waals surface area contributed by atoms with E-state index in [1.54, 1.807) is 6.92 Å². The van der Waals surface area contributed by atoms with Crippen molar-refractivity contribution in [3.8, 4) is 0 Å². The summed E-state index contributed by atoms with van der Waals surface area (Å²) in [5.41, 5.74) is -0.0316. The second kappa shape index (κ2) is 5.33. The first-order chi connectivity index (χ1) is 6.37. The van der Waals surface area contributed by atoms with Gasteiger partial charge < -0.3 is 0 Å². The van der Waals surface area contributed by atoms with Crippen LogP contribution in [0.5, 0.6) is 0 Å². The van der Waals surface area contributed by atoms with Crippen LogP contribution in [-0.4, -0.2) is 5.78 Å². The van der Waals surface area contributed by atoms with E-state index in [0.717, 1.165) is 12.8 Å². The molecule has 82 valence electrons. The highest BCUT2D eigenvalue weighted by Gasteiger charge is 2.33. The van der Waals surface area contributed by atoms with Crippen LogP contribution < -0.4 is 0 Å².